The molecule has 0 aromatic carbocycles. The minimum absolute atomic E-state index is 0.0738. The van der Waals surface area contributed by atoms with E-state index < -0.39 is 0 Å². The summed E-state index contributed by atoms with van der Waals surface area (Å²) in [4.78, 5) is 16.1. The molecular weight excluding hydrogens is 238 g/mol. The normalized spacial score (nSPS) is 22.8. The molecular formula is C15H23N3O. The Morgan fingerprint density at radius 1 is 1.47 bits per heavy atom. The number of anilines is 1. The minimum Gasteiger partial charge on any atom is -0.388 e. The van der Waals surface area contributed by atoms with Gasteiger partial charge < -0.3 is 10.6 Å². The van der Waals surface area contributed by atoms with Gasteiger partial charge in [-0.25, -0.2) is 0 Å². The van der Waals surface area contributed by atoms with Crippen molar-refractivity contribution < 1.29 is 4.79 Å². The van der Waals surface area contributed by atoms with E-state index in [4.69, 9.17) is 0 Å². The number of rotatable bonds is 4. The van der Waals surface area contributed by atoms with E-state index in [1.165, 1.54) is 25.7 Å². The van der Waals surface area contributed by atoms with Crippen molar-refractivity contribution in [3.63, 3.8) is 0 Å². The molecule has 4 nitrogen and oxygen atoms in total. The van der Waals surface area contributed by atoms with Crippen LogP contribution >= 0.6 is 0 Å². The lowest BCUT2D eigenvalue weighted by Gasteiger charge is -2.26. The van der Waals surface area contributed by atoms with E-state index >= 15 is 0 Å². The Kier molecular flexibility index (Phi) is 4.77. The van der Waals surface area contributed by atoms with Gasteiger partial charge in [-0.05, 0) is 36.8 Å². The Morgan fingerprint density at radius 3 is 3.05 bits per heavy atom. The highest BCUT2D eigenvalue weighted by molar-refractivity contribution is 5.93. The fraction of sp³-hybridized carbons (Fsp3) is 0.600. The summed E-state index contributed by atoms with van der Waals surface area (Å²) < 4.78 is 0. The molecule has 2 atom stereocenters. The first-order chi connectivity index (χ1) is 9.19. The highest BCUT2D eigenvalue weighted by Crippen LogP contribution is 2.27. The second-order valence-corrected chi connectivity index (χ2v) is 5.53. The van der Waals surface area contributed by atoms with Crippen molar-refractivity contribution in [2.45, 2.75) is 32.6 Å². The van der Waals surface area contributed by atoms with Gasteiger partial charge in [0.1, 0.15) is 5.69 Å². The number of carbonyl (C=O) groups is 1. The van der Waals surface area contributed by atoms with Crippen LogP contribution in [0.25, 0.3) is 0 Å². The Morgan fingerprint density at radius 2 is 2.32 bits per heavy atom. The summed E-state index contributed by atoms with van der Waals surface area (Å²) in [6, 6.07) is 3.62. The minimum atomic E-state index is -0.0738. The van der Waals surface area contributed by atoms with Crippen LogP contribution in [-0.2, 0) is 0 Å². The van der Waals surface area contributed by atoms with E-state index in [0.29, 0.717) is 11.6 Å². The Balaban J connectivity index is 1.86. The molecule has 1 aromatic heterocycles. The second-order valence-electron chi connectivity index (χ2n) is 5.53. The van der Waals surface area contributed by atoms with Crippen molar-refractivity contribution in [2.24, 2.45) is 11.8 Å². The zero-order valence-corrected chi connectivity index (χ0v) is 11.8. The topological polar surface area (TPSA) is 54.0 Å². The van der Waals surface area contributed by atoms with Crippen LogP contribution in [0.15, 0.2) is 18.3 Å². The Bertz CT molecular complexity index is 433. The van der Waals surface area contributed by atoms with Crippen molar-refractivity contribution in [1.82, 2.24) is 10.3 Å². The smallest absolute Gasteiger partial charge is 0.269 e. The number of carbonyl (C=O) groups excluding carboxylic acids is 1. The van der Waals surface area contributed by atoms with Gasteiger partial charge in [0.05, 0.1) is 0 Å². The van der Waals surface area contributed by atoms with E-state index in [1.54, 1.807) is 12.3 Å². The predicted molar refractivity (Wildman–Crippen MR) is 77.2 cm³/mol. The molecule has 0 spiro atoms. The fourth-order valence-electron chi connectivity index (χ4n) is 2.78. The average molecular weight is 261 g/mol. The molecule has 1 amide bonds. The van der Waals surface area contributed by atoms with Gasteiger partial charge in [-0.15, -0.1) is 0 Å². The van der Waals surface area contributed by atoms with Crippen LogP contribution in [0.5, 0.6) is 0 Å². The molecule has 104 valence electrons. The molecule has 2 N–H and O–H groups in total. The number of pyridine rings is 1. The third-order valence-electron chi connectivity index (χ3n) is 3.88. The maximum absolute atomic E-state index is 12.0. The monoisotopic (exact) mass is 261 g/mol. The summed E-state index contributed by atoms with van der Waals surface area (Å²) in [7, 11) is 1.83. The molecule has 1 aromatic rings. The van der Waals surface area contributed by atoms with E-state index in [-0.39, 0.29) is 5.91 Å². The van der Waals surface area contributed by atoms with Crippen molar-refractivity contribution in [3.8, 4) is 0 Å². The molecule has 19 heavy (non-hydrogen) atoms. The van der Waals surface area contributed by atoms with Gasteiger partial charge in [0.25, 0.3) is 5.91 Å². The molecule has 2 rings (SSSR count). The second kappa shape index (κ2) is 6.55. The quantitative estimate of drug-likeness (QED) is 0.876. The fourth-order valence-corrected chi connectivity index (χ4v) is 2.78. The number of amides is 1. The molecule has 1 fully saturated rings. The first-order valence-electron chi connectivity index (χ1n) is 7.11. The van der Waals surface area contributed by atoms with Crippen LogP contribution in [0.1, 0.15) is 43.1 Å². The third kappa shape index (κ3) is 3.94. The van der Waals surface area contributed by atoms with Crippen LogP contribution in [0.3, 0.4) is 0 Å². The summed E-state index contributed by atoms with van der Waals surface area (Å²) >= 11 is 0. The number of hydrogen-bond donors (Lipinski definition) is 2. The van der Waals surface area contributed by atoms with Gasteiger partial charge in [-0.3, -0.25) is 9.78 Å². The highest BCUT2D eigenvalue weighted by Gasteiger charge is 2.19. The third-order valence-corrected chi connectivity index (χ3v) is 3.88. The summed E-state index contributed by atoms with van der Waals surface area (Å²) in [5, 5.41) is 6.02. The zero-order valence-electron chi connectivity index (χ0n) is 11.8. The summed E-state index contributed by atoms with van der Waals surface area (Å²) in [5.41, 5.74) is 1.39. The van der Waals surface area contributed by atoms with E-state index in [9.17, 15) is 4.79 Å². The molecule has 4 heteroatoms. The first-order valence-corrected chi connectivity index (χ1v) is 7.11. The Labute approximate surface area is 115 Å². The van der Waals surface area contributed by atoms with E-state index in [1.807, 2.05) is 13.1 Å². The lowest BCUT2D eigenvalue weighted by atomic mass is 9.82. The van der Waals surface area contributed by atoms with E-state index in [2.05, 4.69) is 22.5 Å². The van der Waals surface area contributed by atoms with Crippen molar-refractivity contribution in [1.29, 1.82) is 0 Å². The molecule has 1 heterocycles. The van der Waals surface area contributed by atoms with Gasteiger partial charge in [0, 0.05) is 25.5 Å². The van der Waals surface area contributed by atoms with Crippen LogP contribution in [0.4, 0.5) is 5.69 Å². The van der Waals surface area contributed by atoms with Crippen LogP contribution < -0.4 is 10.6 Å². The van der Waals surface area contributed by atoms with Crippen LogP contribution in [-0.4, -0.2) is 24.5 Å². The van der Waals surface area contributed by atoms with Gasteiger partial charge >= 0.3 is 0 Å². The van der Waals surface area contributed by atoms with Crippen molar-refractivity contribution in [2.75, 3.05) is 18.9 Å². The SMILES string of the molecule is CNc1ccnc(C(=O)NCC2CCCC(C)C2)c1. The van der Waals surface area contributed by atoms with Gasteiger partial charge in [0.15, 0.2) is 0 Å². The summed E-state index contributed by atoms with van der Waals surface area (Å²) in [6.45, 7) is 3.07. The summed E-state index contributed by atoms with van der Waals surface area (Å²) in [5.74, 6) is 1.34. The molecule has 0 aliphatic heterocycles. The lowest BCUT2D eigenvalue weighted by Crippen LogP contribution is -2.32. The van der Waals surface area contributed by atoms with Gasteiger partial charge in [0.2, 0.25) is 0 Å². The largest absolute Gasteiger partial charge is 0.388 e. The predicted octanol–water partition coefficient (Wildman–Crippen LogP) is 2.68. The lowest BCUT2D eigenvalue weighted by molar-refractivity contribution is 0.0936. The average Bonchev–Trinajstić information content (AvgIpc) is 2.45. The molecule has 0 radical (unpaired) electrons. The molecule has 1 saturated carbocycles. The number of nitrogens with zero attached hydrogens (tertiary/aromatic N) is 1. The maximum atomic E-state index is 12.0. The maximum Gasteiger partial charge on any atom is 0.269 e. The van der Waals surface area contributed by atoms with Gasteiger partial charge in [-0.2, -0.15) is 0 Å². The van der Waals surface area contributed by atoms with Gasteiger partial charge in [-0.1, -0.05) is 19.8 Å². The molecule has 0 bridgehead atoms. The van der Waals surface area contributed by atoms with Crippen LogP contribution in [0, 0.1) is 11.8 Å². The zero-order chi connectivity index (χ0) is 13.7. The molecule has 0 saturated heterocycles. The number of nitrogens with one attached hydrogen (secondary N) is 2. The number of hydrogen-bond acceptors (Lipinski definition) is 3. The highest BCUT2D eigenvalue weighted by atomic mass is 16.1. The molecule has 2 unspecified atom stereocenters. The number of aromatic nitrogens is 1. The van der Waals surface area contributed by atoms with Crippen LogP contribution in [0.2, 0.25) is 0 Å². The summed E-state index contributed by atoms with van der Waals surface area (Å²) in [6.07, 6.45) is 6.73. The Hall–Kier alpha value is -1.58. The standard InChI is InChI=1S/C15H23N3O/c1-11-4-3-5-12(8-11)10-18-15(19)14-9-13(16-2)6-7-17-14/h6-7,9,11-12H,3-5,8,10H2,1-2H3,(H,16,17)(H,18,19). The molecule has 1 aliphatic rings. The van der Waals surface area contributed by atoms with Crippen molar-refractivity contribution in [3.05, 3.63) is 24.0 Å². The van der Waals surface area contributed by atoms with E-state index in [0.717, 1.165) is 18.2 Å². The first kappa shape index (κ1) is 13.8. The molecule has 1 aliphatic carbocycles. The van der Waals surface area contributed by atoms with Crippen molar-refractivity contribution >= 4 is 11.6 Å².